The van der Waals surface area contributed by atoms with Crippen LogP contribution in [0.3, 0.4) is 0 Å². The zero-order valence-electron chi connectivity index (χ0n) is 15.8. The number of aryl methyl sites for hydroxylation is 1. The molecule has 0 aliphatic heterocycles. The normalized spacial score (nSPS) is 14.0. The zero-order valence-corrected chi connectivity index (χ0v) is 16.6. The van der Waals surface area contributed by atoms with Gasteiger partial charge in [0.1, 0.15) is 0 Å². The third-order valence-electron chi connectivity index (χ3n) is 4.77. The third-order valence-corrected chi connectivity index (χ3v) is 5.55. The molecule has 0 saturated heterocycles. The molecule has 1 aromatic carbocycles. The summed E-state index contributed by atoms with van der Waals surface area (Å²) in [5.41, 5.74) is 4.12. The Labute approximate surface area is 167 Å². The Hall–Kier alpha value is -2.80. The number of allylic oxidation sites excluding steroid dienone is 1. The number of aromatic nitrogens is 3. The van der Waals surface area contributed by atoms with Crippen LogP contribution in [0, 0.1) is 6.92 Å². The molecule has 1 N–H and O–H groups in total. The first-order valence-corrected chi connectivity index (χ1v) is 10.4. The van der Waals surface area contributed by atoms with Crippen LogP contribution in [0.5, 0.6) is 0 Å². The number of thiazole rings is 1. The molecule has 3 aromatic rings. The molecule has 2 aromatic heterocycles. The maximum Gasteiger partial charge on any atom is 0.316 e. The first-order chi connectivity index (χ1) is 13.7. The lowest BCUT2D eigenvalue weighted by Crippen LogP contribution is -2.25. The van der Waals surface area contributed by atoms with Gasteiger partial charge >= 0.3 is 11.8 Å². The average Bonchev–Trinajstić information content (AvgIpc) is 3.38. The molecule has 0 fully saturated rings. The van der Waals surface area contributed by atoms with Crippen molar-refractivity contribution < 1.29 is 9.32 Å². The molecule has 0 spiro atoms. The van der Waals surface area contributed by atoms with E-state index in [9.17, 15) is 4.79 Å². The fraction of sp³-hybridized carbons (Fsp3) is 0.333. The minimum absolute atomic E-state index is 0.0115. The average molecular weight is 395 g/mol. The van der Waals surface area contributed by atoms with Crippen LogP contribution in [0.2, 0.25) is 0 Å². The van der Waals surface area contributed by atoms with Gasteiger partial charge < -0.3 is 9.84 Å². The van der Waals surface area contributed by atoms with Gasteiger partial charge in [-0.25, -0.2) is 4.98 Å². The number of benzene rings is 1. The second kappa shape index (κ2) is 8.48. The molecule has 0 saturated carbocycles. The van der Waals surface area contributed by atoms with Crippen LogP contribution in [0.1, 0.15) is 47.8 Å². The maximum atomic E-state index is 12.3. The topological polar surface area (TPSA) is 80.9 Å². The van der Waals surface area contributed by atoms with Gasteiger partial charge in [0, 0.05) is 23.1 Å². The Balaban J connectivity index is 1.41. The number of hydrogen-bond acceptors (Lipinski definition) is 6. The number of nitrogens with one attached hydrogen (secondary N) is 1. The summed E-state index contributed by atoms with van der Waals surface area (Å²) in [7, 11) is 0. The molecule has 0 atom stereocenters. The number of nitrogens with zero attached hydrogens (tertiary/aromatic N) is 3. The van der Waals surface area contributed by atoms with Crippen molar-refractivity contribution in [2.45, 2.75) is 39.0 Å². The highest BCUT2D eigenvalue weighted by Crippen LogP contribution is 2.26. The molecule has 1 aliphatic carbocycles. The molecule has 144 valence electrons. The first-order valence-electron chi connectivity index (χ1n) is 9.52. The van der Waals surface area contributed by atoms with E-state index in [4.69, 9.17) is 4.52 Å². The summed E-state index contributed by atoms with van der Waals surface area (Å²) < 4.78 is 5.17. The smallest absolute Gasteiger partial charge is 0.316 e. The van der Waals surface area contributed by atoms with Gasteiger partial charge in [-0.1, -0.05) is 35.0 Å². The van der Waals surface area contributed by atoms with Crippen molar-refractivity contribution in [1.82, 2.24) is 20.4 Å². The molecule has 4 rings (SSSR count). The molecule has 1 amide bonds. The fourth-order valence-corrected chi connectivity index (χ4v) is 3.91. The van der Waals surface area contributed by atoms with Crippen molar-refractivity contribution in [2.75, 3.05) is 6.54 Å². The second-order valence-electron chi connectivity index (χ2n) is 6.87. The van der Waals surface area contributed by atoms with Crippen LogP contribution in [0.15, 0.2) is 45.8 Å². The van der Waals surface area contributed by atoms with Crippen LogP contribution in [0.25, 0.3) is 22.6 Å². The van der Waals surface area contributed by atoms with Crippen LogP contribution in [0.4, 0.5) is 0 Å². The van der Waals surface area contributed by atoms with Gasteiger partial charge in [-0.3, -0.25) is 4.79 Å². The largest absolute Gasteiger partial charge is 0.348 e. The molecular formula is C21H22N4O2S. The van der Waals surface area contributed by atoms with Crippen molar-refractivity contribution in [2.24, 2.45) is 0 Å². The molecule has 2 heterocycles. The molecular weight excluding hydrogens is 372 g/mol. The van der Waals surface area contributed by atoms with E-state index in [0.29, 0.717) is 12.4 Å². The van der Waals surface area contributed by atoms with E-state index in [1.165, 1.54) is 18.4 Å². The Morgan fingerprint density at radius 3 is 2.93 bits per heavy atom. The van der Waals surface area contributed by atoms with E-state index >= 15 is 0 Å². The lowest BCUT2D eigenvalue weighted by atomic mass is 9.97. The summed E-state index contributed by atoms with van der Waals surface area (Å²) in [6.07, 6.45) is 7.96. The summed E-state index contributed by atoms with van der Waals surface area (Å²) in [5, 5.41) is 9.87. The quantitative estimate of drug-likeness (QED) is 0.608. The minimum atomic E-state index is -0.332. The number of carbonyl (C=O) groups is 1. The van der Waals surface area contributed by atoms with E-state index < -0.39 is 0 Å². The lowest BCUT2D eigenvalue weighted by Gasteiger charge is -2.12. The second-order valence-corrected chi connectivity index (χ2v) is 7.93. The van der Waals surface area contributed by atoms with Crippen molar-refractivity contribution >= 4 is 17.2 Å². The predicted octanol–water partition coefficient (Wildman–Crippen LogP) is 4.79. The number of rotatable bonds is 6. The maximum absolute atomic E-state index is 12.3. The van der Waals surface area contributed by atoms with Gasteiger partial charge in [-0.2, -0.15) is 4.98 Å². The standard InChI is InChI=1S/C21H22N4O2S/c1-14-23-18(13-28-14)16-8-5-9-17(12-16)19-24-21(27-25-19)20(26)22-11-10-15-6-3-2-4-7-15/h5-6,8-9,12-13H,2-4,7,10-11H2,1H3,(H,22,26). The van der Waals surface area contributed by atoms with E-state index in [1.54, 1.807) is 11.3 Å². The highest BCUT2D eigenvalue weighted by atomic mass is 32.1. The molecule has 0 radical (unpaired) electrons. The summed E-state index contributed by atoms with van der Waals surface area (Å²) >= 11 is 1.61. The molecule has 0 bridgehead atoms. The molecule has 0 unspecified atom stereocenters. The number of carbonyl (C=O) groups excluding carboxylic acids is 1. The Morgan fingerprint density at radius 1 is 1.25 bits per heavy atom. The Kier molecular flexibility index (Phi) is 5.62. The predicted molar refractivity (Wildman–Crippen MR) is 109 cm³/mol. The van der Waals surface area contributed by atoms with Crippen molar-refractivity contribution in [1.29, 1.82) is 0 Å². The summed E-state index contributed by atoms with van der Waals surface area (Å²) in [4.78, 5) is 21.1. The number of hydrogen-bond donors (Lipinski definition) is 1. The SMILES string of the molecule is Cc1nc(-c2cccc(-c3noc(C(=O)NCCC4=CCCCC4)n3)c2)cs1. The molecule has 6 nitrogen and oxygen atoms in total. The van der Waals surface area contributed by atoms with Crippen molar-refractivity contribution in [3.05, 3.63) is 52.2 Å². The highest BCUT2D eigenvalue weighted by Gasteiger charge is 2.16. The van der Waals surface area contributed by atoms with Gasteiger partial charge in [0.2, 0.25) is 5.82 Å². The van der Waals surface area contributed by atoms with E-state index in [2.05, 4.69) is 26.5 Å². The van der Waals surface area contributed by atoms with Crippen molar-refractivity contribution in [3.63, 3.8) is 0 Å². The van der Waals surface area contributed by atoms with Crippen LogP contribution < -0.4 is 5.32 Å². The van der Waals surface area contributed by atoms with Crippen molar-refractivity contribution in [3.8, 4) is 22.6 Å². The van der Waals surface area contributed by atoms with Crippen LogP contribution >= 0.6 is 11.3 Å². The fourth-order valence-electron chi connectivity index (χ4n) is 3.29. The summed E-state index contributed by atoms with van der Waals surface area (Å²) in [6, 6.07) is 7.76. The molecule has 7 heteroatoms. The zero-order chi connectivity index (χ0) is 19.3. The van der Waals surface area contributed by atoms with Crippen LogP contribution in [-0.2, 0) is 0 Å². The van der Waals surface area contributed by atoms with E-state index in [0.717, 1.165) is 41.1 Å². The van der Waals surface area contributed by atoms with Gasteiger partial charge in [0.15, 0.2) is 0 Å². The van der Waals surface area contributed by atoms with E-state index in [1.807, 2.05) is 36.6 Å². The Morgan fingerprint density at radius 2 is 2.14 bits per heavy atom. The van der Waals surface area contributed by atoms with Gasteiger partial charge in [0.05, 0.1) is 10.7 Å². The first kappa shape index (κ1) is 18.6. The minimum Gasteiger partial charge on any atom is -0.348 e. The van der Waals surface area contributed by atoms with Crippen LogP contribution in [-0.4, -0.2) is 27.6 Å². The van der Waals surface area contributed by atoms with E-state index in [-0.39, 0.29) is 11.8 Å². The van der Waals surface area contributed by atoms with Gasteiger partial charge in [0.25, 0.3) is 0 Å². The lowest BCUT2D eigenvalue weighted by molar-refractivity contribution is 0.0910. The highest BCUT2D eigenvalue weighted by molar-refractivity contribution is 7.09. The molecule has 28 heavy (non-hydrogen) atoms. The number of amides is 1. The third kappa shape index (κ3) is 4.36. The Bertz CT molecular complexity index is 1010. The van der Waals surface area contributed by atoms with Gasteiger partial charge in [-0.15, -0.1) is 11.3 Å². The van der Waals surface area contributed by atoms with Gasteiger partial charge in [-0.05, 0) is 45.1 Å². The molecule has 1 aliphatic rings. The summed E-state index contributed by atoms with van der Waals surface area (Å²) in [5.74, 6) is 0.0536. The monoisotopic (exact) mass is 394 g/mol. The summed E-state index contributed by atoms with van der Waals surface area (Å²) in [6.45, 7) is 2.56.